The first kappa shape index (κ1) is 18.0. The van der Waals surface area contributed by atoms with Gasteiger partial charge in [-0.1, -0.05) is 43.0 Å². The van der Waals surface area contributed by atoms with Crippen LogP contribution in [0.5, 0.6) is 0 Å². The first-order valence-electron chi connectivity index (χ1n) is 9.39. The van der Waals surface area contributed by atoms with Crippen molar-refractivity contribution in [2.75, 3.05) is 18.0 Å². The Balaban J connectivity index is 1.59. The first-order valence-corrected chi connectivity index (χ1v) is 9.39. The lowest BCUT2D eigenvalue weighted by Crippen LogP contribution is -2.58. The topological polar surface area (TPSA) is 57.9 Å². The summed E-state index contributed by atoms with van der Waals surface area (Å²) in [5, 5.41) is 0. The Bertz CT molecular complexity index is 979. The molecule has 0 spiro atoms. The van der Waals surface area contributed by atoms with E-state index in [1.807, 2.05) is 65.3 Å². The SMILES string of the molecule is C=CC(=O)N1CCN(c2cn3ccccc3n2)C(=O)C1CCc1ccccc1. The zero-order valence-corrected chi connectivity index (χ0v) is 15.6. The summed E-state index contributed by atoms with van der Waals surface area (Å²) in [5.41, 5.74) is 1.93. The number of amides is 2. The fraction of sp³-hybridized carbons (Fsp3) is 0.227. The molecule has 1 aliphatic heterocycles. The van der Waals surface area contributed by atoms with Crippen LogP contribution in [0.1, 0.15) is 12.0 Å². The molecule has 1 fully saturated rings. The molecule has 1 saturated heterocycles. The minimum absolute atomic E-state index is 0.0965. The number of benzene rings is 1. The lowest BCUT2D eigenvalue weighted by Gasteiger charge is -2.39. The van der Waals surface area contributed by atoms with Crippen LogP contribution in [0.25, 0.3) is 5.65 Å². The Morgan fingerprint density at radius 1 is 1.14 bits per heavy atom. The Morgan fingerprint density at radius 2 is 1.93 bits per heavy atom. The third-order valence-corrected chi connectivity index (χ3v) is 5.13. The quantitative estimate of drug-likeness (QED) is 0.645. The highest BCUT2D eigenvalue weighted by Crippen LogP contribution is 2.23. The van der Waals surface area contributed by atoms with E-state index in [0.717, 1.165) is 17.6 Å². The van der Waals surface area contributed by atoms with Gasteiger partial charge in [0.25, 0.3) is 5.91 Å². The van der Waals surface area contributed by atoms with E-state index in [2.05, 4.69) is 11.6 Å². The Labute approximate surface area is 163 Å². The van der Waals surface area contributed by atoms with Gasteiger partial charge in [-0.3, -0.25) is 14.5 Å². The number of pyridine rings is 1. The normalized spacial score (nSPS) is 17.1. The molecule has 142 valence electrons. The summed E-state index contributed by atoms with van der Waals surface area (Å²) in [4.78, 5) is 33.5. The van der Waals surface area contributed by atoms with Crippen LogP contribution in [0, 0.1) is 0 Å². The van der Waals surface area contributed by atoms with E-state index in [9.17, 15) is 9.59 Å². The zero-order valence-electron chi connectivity index (χ0n) is 15.6. The van der Waals surface area contributed by atoms with E-state index in [1.165, 1.54) is 6.08 Å². The predicted molar refractivity (Wildman–Crippen MR) is 108 cm³/mol. The number of imidazole rings is 1. The molecule has 2 amide bonds. The molecular weight excluding hydrogens is 352 g/mol. The molecule has 1 unspecified atom stereocenters. The fourth-order valence-electron chi connectivity index (χ4n) is 3.67. The molecule has 3 aromatic rings. The van der Waals surface area contributed by atoms with Crippen molar-refractivity contribution < 1.29 is 9.59 Å². The van der Waals surface area contributed by atoms with Crippen molar-refractivity contribution in [3.8, 4) is 0 Å². The summed E-state index contributed by atoms with van der Waals surface area (Å²) < 4.78 is 1.89. The number of aromatic nitrogens is 2. The van der Waals surface area contributed by atoms with Crippen molar-refractivity contribution in [2.24, 2.45) is 0 Å². The van der Waals surface area contributed by atoms with E-state index >= 15 is 0 Å². The number of rotatable bonds is 5. The largest absolute Gasteiger partial charge is 0.325 e. The van der Waals surface area contributed by atoms with Gasteiger partial charge in [-0.2, -0.15) is 0 Å². The Morgan fingerprint density at radius 3 is 2.68 bits per heavy atom. The second kappa shape index (κ2) is 7.68. The highest BCUT2D eigenvalue weighted by atomic mass is 16.2. The molecule has 0 radical (unpaired) electrons. The lowest BCUT2D eigenvalue weighted by molar-refractivity contribution is -0.138. The summed E-state index contributed by atoms with van der Waals surface area (Å²) in [7, 11) is 0. The van der Waals surface area contributed by atoms with Crippen LogP contribution in [0.15, 0.2) is 73.6 Å². The molecule has 1 aliphatic rings. The highest BCUT2D eigenvalue weighted by Gasteiger charge is 2.37. The minimum atomic E-state index is -0.524. The number of hydrogen-bond acceptors (Lipinski definition) is 3. The van der Waals surface area contributed by atoms with Gasteiger partial charge in [-0.15, -0.1) is 0 Å². The number of carbonyl (C=O) groups excluding carboxylic acids is 2. The molecule has 6 nitrogen and oxygen atoms in total. The standard InChI is InChI=1S/C22H22N4O2/c1-2-21(27)25-14-15-26(20-16-24-13-7-6-10-19(24)23-20)22(28)18(25)12-11-17-8-4-3-5-9-17/h2-10,13,16,18H,1,11-12,14-15H2. The van der Waals surface area contributed by atoms with E-state index in [4.69, 9.17) is 0 Å². The minimum Gasteiger partial charge on any atom is -0.325 e. The van der Waals surface area contributed by atoms with Crippen molar-refractivity contribution in [2.45, 2.75) is 18.9 Å². The molecule has 1 aromatic carbocycles. The van der Waals surface area contributed by atoms with E-state index in [0.29, 0.717) is 25.3 Å². The van der Waals surface area contributed by atoms with E-state index in [-0.39, 0.29) is 11.8 Å². The van der Waals surface area contributed by atoms with Gasteiger partial charge in [0.15, 0.2) is 5.82 Å². The van der Waals surface area contributed by atoms with Gasteiger partial charge >= 0.3 is 0 Å². The summed E-state index contributed by atoms with van der Waals surface area (Å²) >= 11 is 0. The maximum absolute atomic E-state index is 13.3. The number of hydrogen-bond donors (Lipinski definition) is 0. The highest BCUT2D eigenvalue weighted by molar-refractivity contribution is 6.01. The van der Waals surface area contributed by atoms with Crippen LogP contribution >= 0.6 is 0 Å². The molecule has 0 N–H and O–H groups in total. The van der Waals surface area contributed by atoms with Crippen LogP contribution in [0.2, 0.25) is 0 Å². The monoisotopic (exact) mass is 374 g/mol. The van der Waals surface area contributed by atoms with Gasteiger partial charge in [0.05, 0.1) is 6.20 Å². The number of anilines is 1. The molecule has 3 heterocycles. The molecule has 28 heavy (non-hydrogen) atoms. The van der Waals surface area contributed by atoms with Crippen LogP contribution < -0.4 is 4.90 Å². The van der Waals surface area contributed by atoms with E-state index in [1.54, 1.807) is 9.80 Å². The summed E-state index contributed by atoms with van der Waals surface area (Å²) in [6, 6.07) is 15.2. The summed E-state index contributed by atoms with van der Waals surface area (Å²) in [5.74, 6) is 0.313. The van der Waals surface area contributed by atoms with Crippen LogP contribution in [0.4, 0.5) is 5.82 Å². The molecular formula is C22H22N4O2. The van der Waals surface area contributed by atoms with Crippen molar-refractivity contribution in [1.82, 2.24) is 14.3 Å². The van der Waals surface area contributed by atoms with Crippen LogP contribution in [-0.2, 0) is 16.0 Å². The maximum atomic E-state index is 13.3. The third-order valence-electron chi connectivity index (χ3n) is 5.13. The van der Waals surface area contributed by atoms with Crippen molar-refractivity contribution >= 4 is 23.3 Å². The Hall–Kier alpha value is -3.41. The molecule has 1 atom stereocenters. The number of aryl methyl sites for hydroxylation is 1. The molecule has 0 bridgehead atoms. The van der Waals surface area contributed by atoms with Crippen molar-refractivity contribution in [3.05, 3.63) is 79.1 Å². The zero-order chi connectivity index (χ0) is 19.5. The van der Waals surface area contributed by atoms with Gasteiger partial charge in [-0.25, -0.2) is 4.98 Å². The second-order valence-corrected chi connectivity index (χ2v) is 6.83. The number of fused-ring (bicyclic) bond motifs is 1. The van der Waals surface area contributed by atoms with Crippen LogP contribution in [-0.4, -0.2) is 45.2 Å². The van der Waals surface area contributed by atoms with Gasteiger partial charge in [-0.05, 0) is 36.6 Å². The van der Waals surface area contributed by atoms with Crippen molar-refractivity contribution in [1.29, 1.82) is 0 Å². The van der Waals surface area contributed by atoms with Gasteiger partial charge in [0, 0.05) is 19.3 Å². The molecule has 2 aromatic heterocycles. The summed E-state index contributed by atoms with van der Waals surface area (Å²) in [6.45, 7) is 4.47. The first-order chi connectivity index (χ1) is 13.7. The number of piperazine rings is 1. The summed E-state index contributed by atoms with van der Waals surface area (Å²) in [6.07, 6.45) is 6.32. The molecule has 6 heteroatoms. The molecule has 4 rings (SSSR count). The number of nitrogens with zero attached hydrogens (tertiary/aromatic N) is 4. The van der Waals surface area contributed by atoms with Gasteiger partial charge in [0.1, 0.15) is 11.7 Å². The molecule has 0 aliphatic carbocycles. The van der Waals surface area contributed by atoms with Gasteiger partial charge in [0.2, 0.25) is 5.91 Å². The second-order valence-electron chi connectivity index (χ2n) is 6.83. The predicted octanol–water partition coefficient (Wildman–Crippen LogP) is 2.70. The molecule has 0 saturated carbocycles. The maximum Gasteiger partial charge on any atom is 0.251 e. The van der Waals surface area contributed by atoms with Crippen molar-refractivity contribution in [3.63, 3.8) is 0 Å². The van der Waals surface area contributed by atoms with Gasteiger partial charge < -0.3 is 9.30 Å². The smallest absolute Gasteiger partial charge is 0.251 e. The Kier molecular flexibility index (Phi) is 4.93. The number of carbonyl (C=O) groups is 2. The lowest BCUT2D eigenvalue weighted by atomic mass is 10.0. The average Bonchev–Trinajstić information content (AvgIpc) is 3.16. The van der Waals surface area contributed by atoms with E-state index < -0.39 is 6.04 Å². The van der Waals surface area contributed by atoms with Crippen LogP contribution in [0.3, 0.4) is 0 Å². The third kappa shape index (κ3) is 3.41. The average molecular weight is 374 g/mol. The fourth-order valence-corrected chi connectivity index (χ4v) is 3.67.